The van der Waals surface area contributed by atoms with E-state index >= 15 is 0 Å². The Kier molecular flexibility index (Phi) is 5.60. The van der Waals surface area contributed by atoms with Gasteiger partial charge in [0.25, 0.3) is 0 Å². The number of nitrogen functional groups attached to an aromatic ring is 1. The molecule has 0 saturated carbocycles. The quantitative estimate of drug-likeness (QED) is 0.248. The van der Waals surface area contributed by atoms with E-state index in [2.05, 4.69) is 14.8 Å². The van der Waals surface area contributed by atoms with Gasteiger partial charge in [-0.2, -0.15) is 0 Å². The summed E-state index contributed by atoms with van der Waals surface area (Å²) in [7, 11) is 1.18. The highest BCUT2D eigenvalue weighted by atomic mass is 35.5. The zero-order chi connectivity index (χ0) is 15.3. The number of hydrogen-bond acceptors (Lipinski definition) is 6. The van der Waals surface area contributed by atoms with Crippen LogP contribution in [0, 0.1) is 0 Å². The molecule has 0 aliphatic heterocycles. The number of carbonyl (C=O) groups excluding carboxylic acids is 1. The van der Waals surface area contributed by atoms with Crippen molar-refractivity contribution < 1.29 is 19.7 Å². The summed E-state index contributed by atoms with van der Waals surface area (Å²) in [6, 6.07) is 2.50. The maximum atomic E-state index is 11.5. The summed E-state index contributed by atoms with van der Waals surface area (Å²) in [5, 5.41) is 22.8. The van der Waals surface area contributed by atoms with Crippen molar-refractivity contribution in [3.05, 3.63) is 38.7 Å². The smallest absolute Gasteiger partial charge is 0.339 e. The molecule has 4 N–H and O–H groups in total. The van der Waals surface area contributed by atoms with E-state index in [0.29, 0.717) is 0 Å². The molecule has 0 radical (unpaired) electrons. The monoisotopic (exact) mass is 300 g/mol. The average Bonchev–Trinajstić information content (AvgIpc) is 2.43. The van der Waals surface area contributed by atoms with Gasteiger partial charge in [0, 0.05) is 21.2 Å². The zero-order valence-electron chi connectivity index (χ0n) is 10.5. The van der Waals surface area contributed by atoms with E-state index in [0.717, 1.165) is 0 Å². The van der Waals surface area contributed by atoms with Gasteiger partial charge in [0.05, 0.1) is 25.3 Å². The SMILES string of the molecule is COC(=O)c1cc(C(O)C(O)CN=[N+]=[N-])c(Cl)cc1N. The molecule has 8 nitrogen and oxygen atoms in total. The van der Waals surface area contributed by atoms with Crippen LogP contribution < -0.4 is 5.73 Å². The standard InChI is InChI=1S/C11H13ClN4O4/c1-20-11(19)6-2-5(7(12)3-8(6)13)10(18)9(17)4-15-16-14/h2-3,9-10,17-18H,4,13H2,1H3. The van der Waals surface area contributed by atoms with Crippen molar-refractivity contribution >= 4 is 23.3 Å². The lowest BCUT2D eigenvalue weighted by Gasteiger charge is -2.19. The van der Waals surface area contributed by atoms with E-state index in [-0.39, 0.29) is 28.4 Å². The van der Waals surface area contributed by atoms with Crippen molar-refractivity contribution in [2.45, 2.75) is 12.2 Å². The first kappa shape index (κ1) is 16.1. The van der Waals surface area contributed by atoms with Gasteiger partial charge in [0.2, 0.25) is 0 Å². The molecule has 108 valence electrons. The topological polar surface area (TPSA) is 142 Å². The molecule has 0 bridgehead atoms. The third kappa shape index (κ3) is 3.52. The molecule has 2 unspecified atom stereocenters. The van der Waals surface area contributed by atoms with Gasteiger partial charge in [-0.25, -0.2) is 4.79 Å². The van der Waals surface area contributed by atoms with Gasteiger partial charge in [0.1, 0.15) is 6.10 Å². The van der Waals surface area contributed by atoms with Gasteiger partial charge in [-0.3, -0.25) is 0 Å². The number of aliphatic hydroxyl groups is 2. The van der Waals surface area contributed by atoms with Crippen LogP contribution in [0.1, 0.15) is 22.0 Å². The lowest BCUT2D eigenvalue weighted by molar-refractivity contribution is 0.0243. The van der Waals surface area contributed by atoms with Crippen molar-refractivity contribution in [2.75, 3.05) is 19.4 Å². The van der Waals surface area contributed by atoms with Gasteiger partial charge in [-0.15, -0.1) is 0 Å². The van der Waals surface area contributed by atoms with E-state index in [9.17, 15) is 15.0 Å². The highest BCUT2D eigenvalue weighted by molar-refractivity contribution is 6.32. The molecule has 0 aliphatic rings. The number of esters is 1. The second-order valence-electron chi connectivity index (χ2n) is 3.88. The third-order valence-electron chi connectivity index (χ3n) is 2.59. The van der Waals surface area contributed by atoms with E-state index in [1.807, 2.05) is 0 Å². The first-order valence-electron chi connectivity index (χ1n) is 5.46. The Labute approximate surface area is 119 Å². The Morgan fingerprint density at radius 2 is 2.25 bits per heavy atom. The Balaban J connectivity index is 3.17. The maximum absolute atomic E-state index is 11.5. The van der Waals surface area contributed by atoms with Gasteiger partial charge in [0.15, 0.2) is 0 Å². The first-order chi connectivity index (χ1) is 9.42. The van der Waals surface area contributed by atoms with Crippen LogP contribution in [0.25, 0.3) is 10.4 Å². The Hall–Kier alpha value is -1.99. The highest BCUT2D eigenvalue weighted by Crippen LogP contribution is 2.30. The van der Waals surface area contributed by atoms with Gasteiger partial charge in [-0.1, -0.05) is 16.7 Å². The van der Waals surface area contributed by atoms with Crippen LogP contribution in [0.4, 0.5) is 5.69 Å². The van der Waals surface area contributed by atoms with Gasteiger partial charge >= 0.3 is 5.97 Å². The normalized spacial score (nSPS) is 13.2. The molecule has 2 atom stereocenters. The molecule has 1 aromatic carbocycles. The fraction of sp³-hybridized carbons (Fsp3) is 0.364. The Morgan fingerprint density at radius 1 is 1.60 bits per heavy atom. The highest BCUT2D eigenvalue weighted by Gasteiger charge is 2.23. The summed E-state index contributed by atoms with van der Waals surface area (Å²) in [6.45, 7) is -0.341. The number of benzene rings is 1. The minimum Gasteiger partial charge on any atom is -0.465 e. The van der Waals surface area contributed by atoms with Crippen LogP contribution in [0.5, 0.6) is 0 Å². The second kappa shape index (κ2) is 6.97. The number of ether oxygens (including phenoxy) is 1. The summed E-state index contributed by atoms with van der Waals surface area (Å²) >= 11 is 5.92. The van der Waals surface area contributed by atoms with Gasteiger partial charge < -0.3 is 20.7 Å². The minimum atomic E-state index is -1.43. The number of anilines is 1. The van der Waals surface area contributed by atoms with Gasteiger partial charge in [-0.05, 0) is 17.7 Å². The van der Waals surface area contributed by atoms with E-state index in [1.165, 1.54) is 19.2 Å². The molecule has 0 aliphatic carbocycles. The minimum absolute atomic E-state index is 0.0157. The number of methoxy groups -OCH3 is 1. The number of carbonyl (C=O) groups is 1. The number of azide groups is 1. The molecule has 0 spiro atoms. The van der Waals surface area contributed by atoms with Crippen LogP contribution in [0.3, 0.4) is 0 Å². The van der Waals surface area contributed by atoms with Crippen LogP contribution in [-0.4, -0.2) is 35.9 Å². The number of rotatable bonds is 5. The van der Waals surface area contributed by atoms with Crippen molar-refractivity contribution in [2.24, 2.45) is 5.11 Å². The molecule has 1 aromatic rings. The molecule has 0 fully saturated rings. The molecule has 20 heavy (non-hydrogen) atoms. The van der Waals surface area contributed by atoms with E-state index in [4.69, 9.17) is 22.9 Å². The molecule has 1 rings (SSSR count). The predicted molar refractivity (Wildman–Crippen MR) is 72.2 cm³/mol. The molecule has 9 heteroatoms. The van der Waals surface area contributed by atoms with Crippen molar-refractivity contribution in [1.29, 1.82) is 0 Å². The first-order valence-corrected chi connectivity index (χ1v) is 5.84. The number of halogens is 1. The third-order valence-corrected chi connectivity index (χ3v) is 2.92. The number of aliphatic hydroxyl groups excluding tert-OH is 2. The lowest BCUT2D eigenvalue weighted by atomic mass is 10.0. The number of hydrogen-bond donors (Lipinski definition) is 3. The number of nitrogens with two attached hydrogens (primary N) is 1. The molecule has 0 aromatic heterocycles. The average molecular weight is 301 g/mol. The zero-order valence-corrected chi connectivity index (χ0v) is 11.3. The molecule has 0 saturated heterocycles. The molecule has 0 heterocycles. The fourth-order valence-corrected chi connectivity index (χ4v) is 1.83. The van der Waals surface area contributed by atoms with E-state index in [1.54, 1.807) is 0 Å². The van der Waals surface area contributed by atoms with Crippen molar-refractivity contribution in [3.63, 3.8) is 0 Å². The van der Waals surface area contributed by atoms with Crippen LogP contribution in [-0.2, 0) is 4.74 Å². The summed E-state index contributed by atoms with van der Waals surface area (Å²) < 4.78 is 4.54. The number of nitrogens with zero attached hydrogens (tertiary/aromatic N) is 3. The lowest BCUT2D eigenvalue weighted by Crippen LogP contribution is -2.22. The molecule has 0 amide bonds. The summed E-state index contributed by atoms with van der Waals surface area (Å²) in [6.07, 6.45) is -2.80. The van der Waals surface area contributed by atoms with Crippen molar-refractivity contribution in [1.82, 2.24) is 0 Å². The second-order valence-corrected chi connectivity index (χ2v) is 4.29. The molecular formula is C11H13ClN4O4. The van der Waals surface area contributed by atoms with Crippen LogP contribution >= 0.6 is 11.6 Å². The fourth-order valence-electron chi connectivity index (χ4n) is 1.55. The van der Waals surface area contributed by atoms with E-state index < -0.39 is 18.2 Å². The molecular weight excluding hydrogens is 288 g/mol. The Bertz CT molecular complexity index is 560. The largest absolute Gasteiger partial charge is 0.465 e. The van der Waals surface area contributed by atoms with Crippen LogP contribution in [0.15, 0.2) is 17.2 Å². The summed E-state index contributed by atoms with van der Waals surface area (Å²) in [5.74, 6) is -0.697. The Morgan fingerprint density at radius 3 is 2.80 bits per heavy atom. The van der Waals surface area contributed by atoms with Crippen LogP contribution in [0.2, 0.25) is 5.02 Å². The summed E-state index contributed by atoms with van der Waals surface area (Å²) in [4.78, 5) is 14.0. The maximum Gasteiger partial charge on any atom is 0.339 e. The summed E-state index contributed by atoms with van der Waals surface area (Å²) in [5.41, 5.74) is 14.0. The predicted octanol–water partition coefficient (Wildman–Crippen LogP) is 1.41. The van der Waals surface area contributed by atoms with Crippen molar-refractivity contribution in [3.8, 4) is 0 Å².